The standard InChI is InChI=1S/C12H20O2/c1-11-7-3-4-8-12(11,2)14-10-6-5-9-13/h3-4,7-8,11,13H,5-6,9-10H2,1-2H3. The number of rotatable bonds is 5. The van der Waals surface area contributed by atoms with Crippen LogP contribution in [0.15, 0.2) is 24.3 Å². The number of hydrogen-bond acceptors (Lipinski definition) is 2. The van der Waals surface area contributed by atoms with Gasteiger partial charge in [-0.1, -0.05) is 31.2 Å². The molecule has 2 atom stereocenters. The van der Waals surface area contributed by atoms with Crippen molar-refractivity contribution in [3.63, 3.8) is 0 Å². The Hall–Kier alpha value is -0.600. The molecule has 0 heterocycles. The van der Waals surface area contributed by atoms with Crippen LogP contribution in [-0.4, -0.2) is 23.9 Å². The SMILES string of the molecule is CC1C=CC=CC1(C)OCCCCO. The van der Waals surface area contributed by atoms with E-state index in [1.165, 1.54) is 0 Å². The van der Waals surface area contributed by atoms with Gasteiger partial charge in [0, 0.05) is 19.1 Å². The van der Waals surface area contributed by atoms with Crippen LogP contribution in [-0.2, 0) is 4.74 Å². The van der Waals surface area contributed by atoms with Crippen LogP contribution in [0.3, 0.4) is 0 Å². The summed E-state index contributed by atoms with van der Waals surface area (Å²) < 4.78 is 5.84. The summed E-state index contributed by atoms with van der Waals surface area (Å²) in [6.07, 6.45) is 10.1. The number of hydrogen-bond donors (Lipinski definition) is 1. The van der Waals surface area contributed by atoms with Gasteiger partial charge in [-0.3, -0.25) is 0 Å². The average molecular weight is 196 g/mol. The molecule has 0 saturated carbocycles. The summed E-state index contributed by atoms with van der Waals surface area (Å²) in [7, 11) is 0. The van der Waals surface area contributed by atoms with Crippen molar-refractivity contribution >= 4 is 0 Å². The molecule has 1 aliphatic carbocycles. The van der Waals surface area contributed by atoms with E-state index in [1.807, 2.05) is 6.08 Å². The second-order valence-electron chi connectivity index (χ2n) is 4.00. The lowest BCUT2D eigenvalue weighted by molar-refractivity contribution is -0.0229. The minimum absolute atomic E-state index is 0.162. The van der Waals surface area contributed by atoms with Gasteiger partial charge in [0.25, 0.3) is 0 Å². The molecule has 0 aromatic heterocycles. The summed E-state index contributed by atoms with van der Waals surface area (Å²) in [5, 5.41) is 8.64. The summed E-state index contributed by atoms with van der Waals surface area (Å²) >= 11 is 0. The predicted molar refractivity (Wildman–Crippen MR) is 58.1 cm³/mol. The van der Waals surface area contributed by atoms with Gasteiger partial charge in [-0.15, -0.1) is 0 Å². The fourth-order valence-corrected chi connectivity index (χ4v) is 1.51. The molecule has 80 valence electrons. The number of unbranched alkanes of at least 4 members (excludes halogenated alkanes) is 1. The first-order valence-corrected chi connectivity index (χ1v) is 5.30. The molecule has 14 heavy (non-hydrogen) atoms. The van der Waals surface area contributed by atoms with E-state index in [0.29, 0.717) is 5.92 Å². The largest absolute Gasteiger partial charge is 0.396 e. The van der Waals surface area contributed by atoms with Crippen molar-refractivity contribution in [3.05, 3.63) is 24.3 Å². The highest BCUT2D eigenvalue weighted by Crippen LogP contribution is 2.27. The van der Waals surface area contributed by atoms with E-state index in [1.54, 1.807) is 0 Å². The highest BCUT2D eigenvalue weighted by atomic mass is 16.5. The van der Waals surface area contributed by atoms with Crippen molar-refractivity contribution < 1.29 is 9.84 Å². The quantitative estimate of drug-likeness (QED) is 0.684. The molecule has 1 aliphatic rings. The zero-order valence-corrected chi connectivity index (χ0v) is 9.07. The van der Waals surface area contributed by atoms with E-state index in [4.69, 9.17) is 9.84 Å². The maximum absolute atomic E-state index is 8.64. The van der Waals surface area contributed by atoms with Crippen LogP contribution in [0.5, 0.6) is 0 Å². The second kappa shape index (κ2) is 5.32. The number of aliphatic hydroxyl groups excluding tert-OH is 1. The maximum atomic E-state index is 8.64. The summed E-state index contributed by atoms with van der Waals surface area (Å²) in [5.74, 6) is 0.418. The van der Waals surface area contributed by atoms with Gasteiger partial charge in [-0.2, -0.15) is 0 Å². The highest BCUT2D eigenvalue weighted by Gasteiger charge is 2.28. The smallest absolute Gasteiger partial charge is 0.0897 e. The molecule has 2 heteroatoms. The number of allylic oxidation sites excluding steroid dienone is 2. The fourth-order valence-electron chi connectivity index (χ4n) is 1.51. The Morgan fingerprint density at radius 3 is 2.79 bits per heavy atom. The molecule has 0 aromatic carbocycles. The molecule has 1 N–H and O–H groups in total. The van der Waals surface area contributed by atoms with Gasteiger partial charge in [0.1, 0.15) is 0 Å². The summed E-state index contributed by atoms with van der Waals surface area (Å²) in [6, 6.07) is 0. The van der Waals surface area contributed by atoms with Crippen molar-refractivity contribution in [1.29, 1.82) is 0 Å². The third-order valence-corrected chi connectivity index (χ3v) is 2.81. The van der Waals surface area contributed by atoms with Crippen LogP contribution in [0.25, 0.3) is 0 Å². The van der Waals surface area contributed by atoms with Gasteiger partial charge in [0.2, 0.25) is 0 Å². The first-order valence-electron chi connectivity index (χ1n) is 5.30. The van der Waals surface area contributed by atoms with Gasteiger partial charge in [0.05, 0.1) is 5.60 Å². The van der Waals surface area contributed by atoms with Crippen molar-refractivity contribution in [2.45, 2.75) is 32.3 Å². The van der Waals surface area contributed by atoms with Gasteiger partial charge >= 0.3 is 0 Å². The molecule has 2 unspecified atom stereocenters. The van der Waals surface area contributed by atoms with Gasteiger partial charge in [0.15, 0.2) is 0 Å². The Morgan fingerprint density at radius 2 is 2.14 bits per heavy atom. The van der Waals surface area contributed by atoms with Crippen LogP contribution in [0.2, 0.25) is 0 Å². The van der Waals surface area contributed by atoms with Crippen LogP contribution < -0.4 is 0 Å². The van der Waals surface area contributed by atoms with E-state index in [9.17, 15) is 0 Å². The van der Waals surface area contributed by atoms with Crippen molar-refractivity contribution in [1.82, 2.24) is 0 Å². The molecule has 0 aromatic rings. The monoisotopic (exact) mass is 196 g/mol. The van der Waals surface area contributed by atoms with Crippen LogP contribution >= 0.6 is 0 Å². The van der Waals surface area contributed by atoms with E-state index in [2.05, 4.69) is 32.1 Å². The molecule has 0 amide bonds. The Bertz CT molecular complexity index is 220. The van der Waals surface area contributed by atoms with E-state index in [-0.39, 0.29) is 12.2 Å². The molecule has 0 spiro atoms. The van der Waals surface area contributed by atoms with Gasteiger partial charge in [-0.25, -0.2) is 0 Å². The lowest BCUT2D eigenvalue weighted by Gasteiger charge is -2.33. The molecular formula is C12H20O2. The number of aliphatic hydroxyl groups is 1. The molecule has 0 bridgehead atoms. The van der Waals surface area contributed by atoms with Crippen LogP contribution in [0.4, 0.5) is 0 Å². The fraction of sp³-hybridized carbons (Fsp3) is 0.667. The molecule has 0 aliphatic heterocycles. The molecular weight excluding hydrogens is 176 g/mol. The first-order chi connectivity index (χ1) is 6.69. The average Bonchev–Trinajstić information content (AvgIpc) is 2.18. The second-order valence-corrected chi connectivity index (χ2v) is 4.00. The Labute approximate surface area is 86.3 Å². The predicted octanol–water partition coefficient (Wildman–Crippen LogP) is 2.30. The lowest BCUT2D eigenvalue weighted by atomic mass is 9.87. The first kappa shape index (κ1) is 11.5. The van der Waals surface area contributed by atoms with Crippen LogP contribution in [0.1, 0.15) is 26.7 Å². The molecule has 0 saturated heterocycles. The summed E-state index contributed by atoms with van der Waals surface area (Å²) in [4.78, 5) is 0. The maximum Gasteiger partial charge on any atom is 0.0897 e. The summed E-state index contributed by atoms with van der Waals surface area (Å²) in [6.45, 7) is 5.24. The molecule has 2 nitrogen and oxygen atoms in total. The van der Waals surface area contributed by atoms with Gasteiger partial charge in [-0.05, 0) is 19.8 Å². The van der Waals surface area contributed by atoms with Crippen molar-refractivity contribution in [2.24, 2.45) is 5.92 Å². The third kappa shape index (κ3) is 2.96. The minimum Gasteiger partial charge on any atom is -0.396 e. The number of ether oxygens (including phenoxy) is 1. The normalized spacial score (nSPS) is 30.9. The van der Waals surface area contributed by atoms with Gasteiger partial charge < -0.3 is 9.84 Å². The Morgan fingerprint density at radius 1 is 1.36 bits per heavy atom. The highest BCUT2D eigenvalue weighted by molar-refractivity contribution is 5.20. The zero-order chi connectivity index (χ0) is 10.4. The molecule has 0 fully saturated rings. The van der Waals surface area contributed by atoms with E-state index in [0.717, 1.165) is 19.4 Å². The van der Waals surface area contributed by atoms with E-state index >= 15 is 0 Å². The topological polar surface area (TPSA) is 29.5 Å². The summed E-state index contributed by atoms with van der Waals surface area (Å²) in [5.41, 5.74) is -0.162. The minimum atomic E-state index is -0.162. The van der Waals surface area contributed by atoms with E-state index < -0.39 is 0 Å². The zero-order valence-electron chi connectivity index (χ0n) is 9.07. The lowest BCUT2D eigenvalue weighted by Crippen LogP contribution is -2.34. The Balaban J connectivity index is 2.34. The van der Waals surface area contributed by atoms with Crippen molar-refractivity contribution in [3.8, 4) is 0 Å². The Kier molecular flexibility index (Phi) is 4.36. The van der Waals surface area contributed by atoms with Crippen LogP contribution in [0, 0.1) is 5.92 Å². The van der Waals surface area contributed by atoms with Crippen molar-refractivity contribution in [2.75, 3.05) is 13.2 Å². The molecule has 0 radical (unpaired) electrons. The third-order valence-electron chi connectivity index (χ3n) is 2.81. The molecule has 1 rings (SSSR count).